The highest BCUT2D eigenvalue weighted by Crippen LogP contribution is 2.24. The van der Waals surface area contributed by atoms with E-state index in [1.165, 1.54) is 56.6 Å². The maximum Gasteiger partial charge on any atom is 0.345 e. The Kier molecular flexibility index (Phi) is 5.24. The molecule has 0 saturated carbocycles. The number of ether oxygens (including phenoxy) is 1. The molecular weight excluding hydrogens is 352 g/mol. The van der Waals surface area contributed by atoms with Crippen LogP contribution < -0.4 is 4.74 Å². The zero-order valence-electron chi connectivity index (χ0n) is 12.9. The van der Waals surface area contributed by atoms with Crippen LogP contribution in [0.1, 0.15) is 15.9 Å². The summed E-state index contributed by atoms with van der Waals surface area (Å²) in [7, 11) is -0.926. The SMILES string of the molecule is CN(C)S(=O)(=O)c1ccc(Cl)c(C(=O)Oc2ccc(C#N)cc2)c1. The fourth-order valence-corrected chi connectivity index (χ4v) is 2.91. The number of nitrogens with zero attached hydrogens (tertiary/aromatic N) is 2. The van der Waals surface area contributed by atoms with Gasteiger partial charge >= 0.3 is 5.97 Å². The molecule has 0 aliphatic rings. The number of benzene rings is 2. The molecule has 0 amide bonds. The first kappa shape index (κ1) is 17.9. The number of rotatable bonds is 4. The molecule has 0 bridgehead atoms. The van der Waals surface area contributed by atoms with Crippen molar-refractivity contribution in [3.8, 4) is 11.8 Å². The molecule has 124 valence electrons. The third-order valence-electron chi connectivity index (χ3n) is 3.13. The number of sulfonamides is 1. The highest BCUT2D eigenvalue weighted by molar-refractivity contribution is 7.89. The van der Waals surface area contributed by atoms with E-state index in [1.807, 2.05) is 6.07 Å². The fourth-order valence-electron chi connectivity index (χ4n) is 1.79. The van der Waals surface area contributed by atoms with Gasteiger partial charge in [0.25, 0.3) is 0 Å². The Morgan fingerprint density at radius 2 is 1.79 bits per heavy atom. The number of nitriles is 1. The number of hydrogen-bond acceptors (Lipinski definition) is 5. The minimum Gasteiger partial charge on any atom is -0.423 e. The second-order valence-electron chi connectivity index (χ2n) is 4.95. The average Bonchev–Trinajstić information content (AvgIpc) is 2.55. The Balaban J connectivity index is 2.33. The quantitative estimate of drug-likeness (QED) is 0.614. The first-order chi connectivity index (χ1) is 11.3. The van der Waals surface area contributed by atoms with Crippen molar-refractivity contribution < 1.29 is 17.9 Å². The second kappa shape index (κ2) is 7.01. The van der Waals surface area contributed by atoms with Gasteiger partial charge in [-0.3, -0.25) is 0 Å². The predicted octanol–water partition coefficient (Wildman–Crippen LogP) is 2.68. The maximum atomic E-state index is 12.3. The van der Waals surface area contributed by atoms with Crippen LogP contribution in [0.2, 0.25) is 5.02 Å². The van der Waals surface area contributed by atoms with E-state index in [0.717, 1.165) is 4.31 Å². The monoisotopic (exact) mass is 364 g/mol. The molecule has 0 fully saturated rings. The topological polar surface area (TPSA) is 87.5 Å². The van der Waals surface area contributed by atoms with Crippen molar-refractivity contribution in [3.63, 3.8) is 0 Å². The third-order valence-corrected chi connectivity index (χ3v) is 5.27. The zero-order chi connectivity index (χ0) is 17.9. The summed E-state index contributed by atoms with van der Waals surface area (Å²) in [6.07, 6.45) is 0. The zero-order valence-corrected chi connectivity index (χ0v) is 14.4. The smallest absolute Gasteiger partial charge is 0.345 e. The van der Waals surface area contributed by atoms with Crippen molar-refractivity contribution in [1.82, 2.24) is 4.31 Å². The first-order valence-corrected chi connectivity index (χ1v) is 8.52. The summed E-state index contributed by atoms with van der Waals surface area (Å²) in [6.45, 7) is 0. The van der Waals surface area contributed by atoms with Crippen LogP contribution in [0, 0.1) is 11.3 Å². The van der Waals surface area contributed by atoms with Gasteiger partial charge in [-0.15, -0.1) is 0 Å². The van der Waals surface area contributed by atoms with Gasteiger partial charge in [-0.25, -0.2) is 17.5 Å². The first-order valence-electron chi connectivity index (χ1n) is 6.70. The van der Waals surface area contributed by atoms with Gasteiger partial charge in [0.1, 0.15) is 5.75 Å². The van der Waals surface area contributed by atoms with Gasteiger partial charge in [-0.1, -0.05) is 11.6 Å². The summed E-state index contributed by atoms with van der Waals surface area (Å²) in [6, 6.07) is 11.7. The van der Waals surface area contributed by atoms with E-state index in [-0.39, 0.29) is 21.2 Å². The van der Waals surface area contributed by atoms with Crippen LogP contribution in [-0.4, -0.2) is 32.8 Å². The molecule has 2 aromatic rings. The molecular formula is C16H13ClN2O4S. The van der Waals surface area contributed by atoms with Gasteiger partial charge in [0.15, 0.2) is 0 Å². The third kappa shape index (κ3) is 3.74. The van der Waals surface area contributed by atoms with Crippen LogP contribution in [-0.2, 0) is 10.0 Å². The molecule has 0 aliphatic heterocycles. The number of halogens is 1. The molecule has 2 rings (SSSR count). The molecule has 0 aliphatic carbocycles. The van der Waals surface area contributed by atoms with Crippen LogP contribution in [0.3, 0.4) is 0 Å². The van der Waals surface area contributed by atoms with E-state index >= 15 is 0 Å². The van der Waals surface area contributed by atoms with Crippen LogP contribution >= 0.6 is 11.6 Å². The molecule has 0 heterocycles. The van der Waals surface area contributed by atoms with Crippen molar-refractivity contribution >= 4 is 27.6 Å². The van der Waals surface area contributed by atoms with Crippen LogP contribution in [0.5, 0.6) is 5.75 Å². The molecule has 0 atom stereocenters. The van der Waals surface area contributed by atoms with Gasteiger partial charge in [0.2, 0.25) is 10.0 Å². The van der Waals surface area contributed by atoms with E-state index in [9.17, 15) is 13.2 Å². The molecule has 0 N–H and O–H groups in total. The number of carbonyl (C=O) groups excluding carboxylic acids is 1. The van der Waals surface area contributed by atoms with Crippen LogP contribution in [0.25, 0.3) is 0 Å². The lowest BCUT2D eigenvalue weighted by Gasteiger charge is -2.13. The maximum absolute atomic E-state index is 12.3. The van der Waals surface area contributed by atoms with Crippen LogP contribution in [0.4, 0.5) is 0 Å². The summed E-state index contributed by atoms with van der Waals surface area (Å²) in [5.74, 6) is -0.573. The molecule has 0 saturated heterocycles. The van der Waals surface area contributed by atoms with Crippen molar-refractivity contribution in [2.45, 2.75) is 4.90 Å². The van der Waals surface area contributed by atoms with E-state index in [1.54, 1.807) is 0 Å². The lowest BCUT2D eigenvalue weighted by molar-refractivity contribution is 0.0734. The summed E-state index contributed by atoms with van der Waals surface area (Å²) in [4.78, 5) is 12.2. The average molecular weight is 365 g/mol. The largest absolute Gasteiger partial charge is 0.423 e. The highest BCUT2D eigenvalue weighted by atomic mass is 35.5. The second-order valence-corrected chi connectivity index (χ2v) is 7.51. The van der Waals surface area contributed by atoms with Gasteiger partial charge in [0.05, 0.1) is 27.1 Å². The molecule has 8 heteroatoms. The molecule has 2 aromatic carbocycles. The minimum absolute atomic E-state index is 0.0658. The van der Waals surface area contributed by atoms with Crippen LogP contribution in [0.15, 0.2) is 47.4 Å². The van der Waals surface area contributed by atoms with Crippen molar-refractivity contribution in [2.75, 3.05) is 14.1 Å². The molecule has 0 aromatic heterocycles. The van der Waals surface area contributed by atoms with Gasteiger partial charge < -0.3 is 4.74 Å². The predicted molar refractivity (Wildman–Crippen MR) is 88.4 cm³/mol. The molecule has 24 heavy (non-hydrogen) atoms. The van der Waals surface area contributed by atoms with Gasteiger partial charge in [-0.05, 0) is 42.5 Å². The Bertz CT molecular complexity index is 916. The van der Waals surface area contributed by atoms with E-state index < -0.39 is 16.0 Å². The summed E-state index contributed by atoms with van der Waals surface area (Å²) in [5, 5.41) is 8.82. The minimum atomic E-state index is -3.70. The Morgan fingerprint density at radius 3 is 2.33 bits per heavy atom. The molecule has 6 nitrogen and oxygen atoms in total. The molecule has 0 spiro atoms. The molecule has 0 unspecified atom stereocenters. The van der Waals surface area contributed by atoms with Crippen molar-refractivity contribution in [1.29, 1.82) is 5.26 Å². The lowest BCUT2D eigenvalue weighted by atomic mass is 10.2. The van der Waals surface area contributed by atoms with Crippen molar-refractivity contribution in [2.24, 2.45) is 0 Å². The summed E-state index contributed by atoms with van der Waals surface area (Å²) < 4.78 is 30.5. The van der Waals surface area contributed by atoms with E-state index in [4.69, 9.17) is 21.6 Å². The Labute approximate surface area is 144 Å². The van der Waals surface area contributed by atoms with Gasteiger partial charge in [-0.2, -0.15) is 5.26 Å². The van der Waals surface area contributed by atoms with E-state index in [0.29, 0.717) is 5.56 Å². The number of hydrogen-bond donors (Lipinski definition) is 0. The highest BCUT2D eigenvalue weighted by Gasteiger charge is 2.21. The standard InChI is InChI=1S/C16H13ClN2O4S/c1-19(2)24(21,22)13-7-8-15(17)14(9-13)16(20)23-12-5-3-11(10-18)4-6-12/h3-9H,1-2H3. The van der Waals surface area contributed by atoms with Crippen molar-refractivity contribution in [3.05, 3.63) is 58.6 Å². The molecule has 0 radical (unpaired) electrons. The van der Waals surface area contributed by atoms with Gasteiger partial charge in [0, 0.05) is 14.1 Å². The number of esters is 1. The fraction of sp³-hybridized carbons (Fsp3) is 0.125. The lowest BCUT2D eigenvalue weighted by Crippen LogP contribution is -2.22. The van der Waals surface area contributed by atoms with E-state index in [2.05, 4.69) is 0 Å². The Morgan fingerprint density at radius 1 is 1.17 bits per heavy atom. The normalized spacial score (nSPS) is 11.1. The number of carbonyl (C=O) groups is 1. The Hall–Kier alpha value is -2.40. The summed E-state index contributed by atoms with van der Waals surface area (Å²) >= 11 is 5.98. The summed E-state index contributed by atoms with van der Waals surface area (Å²) in [5.41, 5.74) is 0.357.